The topological polar surface area (TPSA) is 33.0 Å². The first-order chi connectivity index (χ1) is 7.06. The number of benzene rings is 1. The van der Waals surface area contributed by atoms with Gasteiger partial charge >= 0.3 is 0 Å². The maximum Gasteiger partial charge on any atom is 0.144 e. The van der Waals surface area contributed by atoms with Crippen LogP contribution in [0.4, 0.5) is 4.39 Å². The standard InChI is InChI=1S/C12H14FNO/c1-8(2)9(3)15-12-6-4-5-11(13)10(12)7-14/h4-6,8-9H,1-3H3. The third-order valence-corrected chi connectivity index (χ3v) is 2.34. The Morgan fingerprint density at radius 2 is 2.00 bits per heavy atom. The SMILES string of the molecule is CC(C)C(C)Oc1cccc(F)c1C#N. The molecule has 0 saturated carbocycles. The molecule has 80 valence electrons. The van der Waals surface area contributed by atoms with Crippen LogP contribution in [0.25, 0.3) is 0 Å². The summed E-state index contributed by atoms with van der Waals surface area (Å²) in [6.45, 7) is 5.92. The molecule has 0 aliphatic carbocycles. The van der Waals surface area contributed by atoms with E-state index >= 15 is 0 Å². The van der Waals surface area contributed by atoms with E-state index in [4.69, 9.17) is 10.00 Å². The number of hydrogen-bond donors (Lipinski definition) is 0. The molecule has 15 heavy (non-hydrogen) atoms. The molecule has 1 atom stereocenters. The van der Waals surface area contributed by atoms with Crippen molar-refractivity contribution < 1.29 is 9.13 Å². The van der Waals surface area contributed by atoms with Gasteiger partial charge in [0.25, 0.3) is 0 Å². The first-order valence-corrected chi connectivity index (χ1v) is 4.91. The average molecular weight is 207 g/mol. The summed E-state index contributed by atoms with van der Waals surface area (Å²) < 4.78 is 18.7. The molecular formula is C12H14FNO. The van der Waals surface area contributed by atoms with Gasteiger partial charge in [-0.2, -0.15) is 5.26 Å². The molecule has 0 fully saturated rings. The van der Waals surface area contributed by atoms with Crippen molar-refractivity contribution in [1.82, 2.24) is 0 Å². The molecule has 2 nitrogen and oxygen atoms in total. The van der Waals surface area contributed by atoms with Crippen LogP contribution in [0.3, 0.4) is 0 Å². The Hall–Kier alpha value is -1.56. The summed E-state index contributed by atoms with van der Waals surface area (Å²) in [6.07, 6.45) is -0.0427. The summed E-state index contributed by atoms with van der Waals surface area (Å²) in [6, 6.07) is 6.22. The van der Waals surface area contributed by atoms with Gasteiger partial charge in [-0.1, -0.05) is 19.9 Å². The summed E-state index contributed by atoms with van der Waals surface area (Å²) in [5, 5.41) is 8.78. The van der Waals surface area contributed by atoms with Gasteiger partial charge in [0.1, 0.15) is 23.2 Å². The summed E-state index contributed by atoms with van der Waals surface area (Å²) in [4.78, 5) is 0. The summed E-state index contributed by atoms with van der Waals surface area (Å²) in [5.41, 5.74) is -0.0231. The fourth-order valence-corrected chi connectivity index (χ4v) is 1.05. The van der Waals surface area contributed by atoms with Gasteiger partial charge in [-0.3, -0.25) is 0 Å². The van der Waals surface area contributed by atoms with Gasteiger partial charge in [0, 0.05) is 0 Å². The highest BCUT2D eigenvalue weighted by atomic mass is 19.1. The molecule has 0 amide bonds. The first-order valence-electron chi connectivity index (χ1n) is 4.91. The van der Waals surface area contributed by atoms with Crippen LogP contribution in [0.5, 0.6) is 5.75 Å². The van der Waals surface area contributed by atoms with Crippen LogP contribution >= 0.6 is 0 Å². The molecule has 0 aliphatic heterocycles. The fourth-order valence-electron chi connectivity index (χ4n) is 1.05. The Labute approximate surface area is 89.3 Å². The van der Waals surface area contributed by atoms with Crippen molar-refractivity contribution in [1.29, 1.82) is 5.26 Å². The molecule has 1 rings (SSSR count). The number of nitrogens with zero attached hydrogens (tertiary/aromatic N) is 1. The molecule has 1 aromatic carbocycles. The maximum absolute atomic E-state index is 13.2. The van der Waals surface area contributed by atoms with Gasteiger partial charge in [-0.25, -0.2) is 4.39 Å². The van der Waals surface area contributed by atoms with Gasteiger partial charge in [0.2, 0.25) is 0 Å². The Bertz CT molecular complexity index is 382. The monoisotopic (exact) mass is 207 g/mol. The number of rotatable bonds is 3. The van der Waals surface area contributed by atoms with Crippen LogP contribution in [-0.4, -0.2) is 6.10 Å². The van der Waals surface area contributed by atoms with E-state index in [2.05, 4.69) is 0 Å². The average Bonchev–Trinajstić information content (AvgIpc) is 2.18. The predicted octanol–water partition coefficient (Wildman–Crippen LogP) is 3.12. The van der Waals surface area contributed by atoms with E-state index in [-0.39, 0.29) is 11.7 Å². The highest BCUT2D eigenvalue weighted by molar-refractivity contribution is 5.43. The molecule has 0 aromatic heterocycles. The summed E-state index contributed by atoms with van der Waals surface area (Å²) in [7, 11) is 0. The van der Waals surface area contributed by atoms with Gasteiger partial charge in [0.15, 0.2) is 0 Å². The smallest absolute Gasteiger partial charge is 0.144 e. The van der Waals surface area contributed by atoms with Gasteiger partial charge in [-0.15, -0.1) is 0 Å². The van der Waals surface area contributed by atoms with Crippen molar-refractivity contribution in [2.24, 2.45) is 5.92 Å². The molecule has 0 bridgehead atoms. The zero-order valence-electron chi connectivity index (χ0n) is 9.12. The van der Waals surface area contributed by atoms with Crippen molar-refractivity contribution in [3.8, 4) is 11.8 Å². The van der Waals surface area contributed by atoms with Crippen LogP contribution in [0, 0.1) is 23.1 Å². The Balaban J connectivity index is 2.96. The molecule has 1 aromatic rings. The van der Waals surface area contributed by atoms with E-state index in [1.54, 1.807) is 12.1 Å². The van der Waals surface area contributed by atoms with Gasteiger partial charge < -0.3 is 4.74 Å². The van der Waals surface area contributed by atoms with Crippen LogP contribution < -0.4 is 4.74 Å². The molecule has 0 spiro atoms. The summed E-state index contributed by atoms with van der Waals surface area (Å²) in [5.74, 6) is 0.101. The lowest BCUT2D eigenvalue weighted by Gasteiger charge is -2.18. The molecule has 0 heterocycles. The number of nitriles is 1. The third-order valence-electron chi connectivity index (χ3n) is 2.34. The Kier molecular flexibility index (Phi) is 3.68. The summed E-state index contributed by atoms with van der Waals surface area (Å²) >= 11 is 0. The normalized spacial score (nSPS) is 12.3. The molecule has 1 unspecified atom stereocenters. The zero-order chi connectivity index (χ0) is 11.4. The van der Waals surface area contributed by atoms with E-state index in [0.717, 1.165) is 0 Å². The number of halogens is 1. The van der Waals surface area contributed by atoms with Gasteiger partial charge in [0.05, 0.1) is 6.10 Å². The zero-order valence-corrected chi connectivity index (χ0v) is 9.12. The van der Waals surface area contributed by atoms with Crippen LogP contribution in [0.15, 0.2) is 18.2 Å². The molecular weight excluding hydrogens is 193 g/mol. The second kappa shape index (κ2) is 4.79. The van der Waals surface area contributed by atoms with Crippen LogP contribution in [0.2, 0.25) is 0 Å². The quantitative estimate of drug-likeness (QED) is 0.762. The Morgan fingerprint density at radius 3 is 2.53 bits per heavy atom. The minimum absolute atomic E-state index is 0.0231. The lowest BCUT2D eigenvalue weighted by atomic mass is 10.1. The van der Waals surface area contributed by atoms with Crippen molar-refractivity contribution >= 4 is 0 Å². The number of hydrogen-bond acceptors (Lipinski definition) is 2. The Morgan fingerprint density at radius 1 is 1.33 bits per heavy atom. The maximum atomic E-state index is 13.2. The van der Waals surface area contributed by atoms with Crippen LogP contribution in [0.1, 0.15) is 26.3 Å². The van der Waals surface area contributed by atoms with E-state index < -0.39 is 5.82 Å². The van der Waals surface area contributed by atoms with Crippen molar-refractivity contribution in [3.63, 3.8) is 0 Å². The number of ether oxygens (including phenoxy) is 1. The molecule has 3 heteroatoms. The second-order valence-electron chi connectivity index (χ2n) is 3.79. The lowest BCUT2D eigenvalue weighted by molar-refractivity contribution is 0.169. The van der Waals surface area contributed by atoms with E-state index in [9.17, 15) is 4.39 Å². The van der Waals surface area contributed by atoms with Crippen LogP contribution in [-0.2, 0) is 0 Å². The van der Waals surface area contributed by atoms with E-state index in [1.807, 2.05) is 26.8 Å². The molecule has 0 aliphatic rings. The van der Waals surface area contributed by atoms with Crippen molar-refractivity contribution in [2.75, 3.05) is 0 Å². The van der Waals surface area contributed by atoms with E-state index in [1.165, 1.54) is 6.07 Å². The van der Waals surface area contributed by atoms with Gasteiger partial charge in [-0.05, 0) is 25.0 Å². The van der Waals surface area contributed by atoms with E-state index in [0.29, 0.717) is 11.7 Å². The third kappa shape index (κ3) is 2.69. The minimum Gasteiger partial charge on any atom is -0.489 e. The molecule has 0 saturated heterocycles. The predicted molar refractivity (Wildman–Crippen MR) is 56.0 cm³/mol. The van der Waals surface area contributed by atoms with Crippen molar-refractivity contribution in [2.45, 2.75) is 26.9 Å². The minimum atomic E-state index is -0.536. The second-order valence-corrected chi connectivity index (χ2v) is 3.79. The lowest BCUT2D eigenvalue weighted by Crippen LogP contribution is -2.19. The first kappa shape index (κ1) is 11.5. The largest absolute Gasteiger partial charge is 0.489 e. The molecule has 0 N–H and O–H groups in total. The molecule has 0 radical (unpaired) electrons. The fraction of sp³-hybridized carbons (Fsp3) is 0.417. The highest BCUT2D eigenvalue weighted by Gasteiger charge is 2.13. The highest BCUT2D eigenvalue weighted by Crippen LogP contribution is 2.22. The van der Waals surface area contributed by atoms with Crippen molar-refractivity contribution in [3.05, 3.63) is 29.6 Å².